The van der Waals surface area contributed by atoms with Crippen molar-refractivity contribution in [1.29, 1.82) is 0 Å². The summed E-state index contributed by atoms with van der Waals surface area (Å²) in [7, 11) is 0. The molecule has 4 aliphatic heterocycles. The van der Waals surface area contributed by atoms with Crippen LogP contribution in [0.25, 0.3) is 0 Å². The highest BCUT2D eigenvalue weighted by molar-refractivity contribution is 5.75. The van der Waals surface area contributed by atoms with Crippen LogP contribution >= 0.6 is 0 Å². The molecule has 2 amide bonds. The second kappa shape index (κ2) is 6.48. The van der Waals surface area contributed by atoms with Gasteiger partial charge in [0.1, 0.15) is 0 Å². The molecule has 2 bridgehead atoms. The topological polar surface area (TPSA) is 39.7 Å². The third kappa shape index (κ3) is 3.20. The summed E-state index contributed by atoms with van der Waals surface area (Å²) >= 11 is 0. The fraction of sp³-hybridized carbons (Fsp3) is 0.667. The minimum Gasteiger partial charge on any atom is -0.325 e. The van der Waals surface area contributed by atoms with E-state index in [0.717, 1.165) is 45.7 Å². The first-order valence-corrected chi connectivity index (χ1v) is 8.96. The lowest BCUT2D eigenvalue weighted by atomic mass is 9.95. The Morgan fingerprint density at radius 1 is 1.09 bits per heavy atom. The number of carbonyl (C=O) groups excluding carboxylic acids is 1. The molecule has 0 unspecified atom stereocenters. The number of urea groups is 1. The monoisotopic (exact) mass is 314 g/mol. The molecule has 5 heteroatoms. The SMILES string of the molecule is O=C(N1CCCC1)N1C[C@H]2CC[C@@H]1CN(Cc1ccncc1)C2. The van der Waals surface area contributed by atoms with Gasteiger partial charge in [0, 0.05) is 57.7 Å². The van der Waals surface area contributed by atoms with Crippen molar-refractivity contribution in [2.45, 2.75) is 38.3 Å². The fourth-order valence-corrected chi connectivity index (χ4v) is 4.38. The van der Waals surface area contributed by atoms with Crippen LogP contribution in [0.1, 0.15) is 31.2 Å². The number of aromatic nitrogens is 1. The molecule has 0 aromatic carbocycles. The van der Waals surface area contributed by atoms with Crippen molar-refractivity contribution in [3.05, 3.63) is 30.1 Å². The second-order valence-corrected chi connectivity index (χ2v) is 7.28. The molecule has 4 aliphatic rings. The van der Waals surface area contributed by atoms with Gasteiger partial charge in [-0.1, -0.05) is 0 Å². The average molecular weight is 314 g/mol. The molecule has 1 aromatic rings. The zero-order chi connectivity index (χ0) is 15.6. The van der Waals surface area contributed by atoms with Crippen LogP contribution < -0.4 is 0 Å². The minimum atomic E-state index is 0.294. The van der Waals surface area contributed by atoms with Crippen molar-refractivity contribution in [3.8, 4) is 0 Å². The number of amides is 2. The Kier molecular flexibility index (Phi) is 4.21. The number of pyridine rings is 1. The van der Waals surface area contributed by atoms with Crippen molar-refractivity contribution < 1.29 is 4.79 Å². The molecule has 5 nitrogen and oxygen atoms in total. The Labute approximate surface area is 138 Å². The summed E-state index contributed by atoms with van der Waals surface area (Å²) < 4.78 is 0. The van der Waals surface area contributed by atoms with Crippen LogP contribution in [0.15, 0.2) is 24.5 Å². The first-order valence-electron chi connectivity index (χ1n) is 8.96. The third-order valence-corrected chi connectivity index (χ3v) is 5.57. The molecule has 0 saturated carbocycles. The van der Waals surface area contributed by atoms with Crippen LogP contribution in [0.5, 0.6) is 0 Å². The van der Waals surface area contributed by atoms with E-state index in [1.54, 1.807) is 0 Å². The van der Waals surface area contributed by atoms with E-state index < -0.39 is 0 Å². The van der Waals surface area contributed by atoms with E-state index in [0.29, 0.717) is 18.0 Å². The summed E-state index contributed by atoms with van der Waals surface area (Å²) in [4.78, 5) is 23.7. The molecule has 4 saturated heterocycles. The molecule has 23 heavy (non-hydrogen) atoms. The maximum Gasteiger partial charge on any atom is 0.320 e. The van der Waals surface area contributed by atoms with E-state index in [4.69, 9.17) is 0 Å². The van der Waals surface area contributed by atoms with Crippen molar-refractivity contribution in [2.24, 2.45) is 5.92 Å². The molecular weight excluding hydrogens is 288 g/mol. The van der Waals surface area contributed by atoms with Gasteiger partial charge in [-0.05, 0) is 49.3 Å². The number of hydrogen-bond acceptors (Lipinski definition) is 3. The summed E-state index contributed by atoms with van der Waals surface area (Å²) in [5.41, 5.74) is 1.32. The largest absolute Gasteiger partial charge is 0.325 e. The molecule has 4 fully saturated rings. The molecule has 2 atom stereocenters. The van der Waals surface area contributed by atoms with Crippen molar-refractivity contribution in [3.63, 3.8) is 0 Å². The molecule has 0 radical (unpaired) electrons. The Morgan fingerprint density at radius 2 is 1.87 bits per heavy atom. The van der Waals surface area contributed by atoms with E-state index in [1.165, 1.54) is 24.8 Å². The summed E-state index contributed by atoms with van der Waals surface area (Å²) in [5.74, 6) is 0.627. The molecule has 1 aromatic heterocycles. The summed E-state index contributed by atoms with van der Waals surface area (Å²) in [6, 6.07) is 4.88. The van der Waals surface area contributed by atoms with Crippen molar-refractivity contribution in [2.75, 3.05) is 32.7 Å². The molecule has 124 valence electrons. The molecule has 0 spiro atoms. The van der Waals surface area contributed by atoms with Crippen LogP contribution in [0, 0.1) is 5.92 Å². The third-order valence-electron chi connectivity index (χ3n) is 5.57. The van der Waals surface area contributed by atoms with E-state index in [9.17, 15) is 4.79 Å². The lowest BCUT2D eigenvalue weighted by Crippen LogP contribution is -2.52. The molecule has 5 rings (SSSR count). The zero-order valence-electron chi connectivity index (χ0n) is 13.7. The van der Waals surface area contributed by atoms with Gasteiger partial charge in [-0.2, -0.15) is 0 Å². The van der Waals surface area contributed by atoms with Gasteiger partial charge in [-0.15, -0.1) is 0 Å². The zero-order valence-corrected chi connectivity index (χ0v) is 13.7. The Morgan fingerprint density at radius 3 is 2.65 bits per heavy atom. The van der Waals surface area contributed by atoms with Crippen molar-refractivity contribution >= 4 is 6.03 Å². The van der Waals surface area contributed by atoms with Crippen LogP contribution in [-0.2, 0) is 6.54 Å². The smallest absolute Gasteiger partial charge is 0.320 e. The number of rotatable bonds is 2. The number of hydrogen-bond donors (Lipinski definition) is 0. The summed E-state index contributed by atoms with van der Waals surface area (Å²) in [6.45, 7) is 5.95. The van der Waals surface area contributed by atoms with E-state index in [-0.39, 0.29) is 0 Å². The second-order valence-electron chi connectivity index (χ2n) is 7.28. The minimum absolute atomic E-state index is 0.294. The molecule has 5 heterocycles. The average Bonchev–Trinajstić information content (AvgIpc) is 2.98. The van der Waals surface area contributed by atoms with Gasteiger partial charge in [0.25, 0.3) is 0 Å². The number of piperidine rings is 1. The predicted octanol–water partition coefficient (Wildman–Crippen LogP) is 2.19. The predicted molar refractivity (Wildman–Crippen MR) is 88.9 cm³/mol. The molecule has 0 aliphatic carbocycles. The first kappa shape index (κ1) is 14.9. The van der Waals surface area contributed by atoms with E-state index in [2.05, 4.69) is 31.8 Å². The Bertz CT molecular complexity index is 543. The van der Waals surface area contributed by atoms with Gasteiger partial charge >= 0.3 is 6.03 Å². The Hall–Kier alpha value is -1.62. The first-order chi connectivity index (χ1) is 11.3. The molecular formula is C18H26N4O. The lowest BCUT2D eigenvalue weighted by Gasteiger charge is -2.38. The van der Waals surface area contributed by atoms with Gasteiger partial charge < -0.3 is 9.80 Å². The quantitative estimate of drug-likeness (QED) is 0.840. The van der Waals surface area contributed by atoms with Crippen molar-refractivity contribution in [1.82, 2.24) is 19.7 Å². The van der Waals surface area contributed by atoms with Gasteiger partial charge in [0.15, 0.2) is 0 Å². The summed E-state index contributed by atoms with van der Waals surface area (Å²) in [5, 5.41) is 0. The van der Waals surface area contributed by atoms with Crippen LogP contribution in [-0.4, -0.2) is 64.5 Å². The van der Waals surface area contributed by atoms with Crippen LogP contribution in [0.2, 0.25) is 0 Å². The standard InChI is InChI=1S/C18H26N4O/c23-18(21-9-1-2-10-21)22-13-16-3-4-17(22)14-20(12-16)11-15-5-7-19-8-6-15/h5-8,16-17H,1-4,9-14H2/t16-,17+/m0/s1. The van der Waals surface area contributed by atoms with Crippen LogP contribution in [0.3, 0.4) is 0 Å². The highest BCUT2D eigenvalue weighted by atomic mass is 16.2. The number of likely N-dealkylation sites (tertiary alicyclic amines) is 1. The fourth-order valence-electron chi connectivity index (χ4n) is 4.38. The van der Waals surface area contributed by atoms with Gasteiger partial charge in [-0.25, -0.2) is 4.79 Å². The maximum atomic E-state index is 12.8. The van der Waals surface area contributed by atoms with Crippen LogP contribution in [0.4, 0.5) is 4.79 Å². The normalized spacial score (nSPS) is 28.2. The van der Waals surface area contributed by atoms with E-state index >= 15 is 0 Å². The van der Waals surface area contributed by atoms with E-state index in [1.807, 2.05) is 12.4 Å². The maximum absolute atomic E-state index is 12.8. The summed E-state index contributed by atoms with van der Waals surface area (Å²) in [6.07, 6.45) is 8.50. The van der Waals surface area contributed by atoms with Gasteiger partial charge in [0.2, 0.25) is 0 Å². The Balaban J connectivity index is 1.45. The number of carbonyl (C=O) groups is 1. The highest BCUT2D eigenvalue weighted by Crippen LogP contribution is 2.30. The van der Waals surface area contributed by atoms with Gasteiger partial charge in [-0.3, -0.25) is 9.88 Å². The highest BCUT2D eigenvalue weighted by Gasteiger charge is 2.38. The lowest BCUT2D eigenvalue weighted by molar-refractivity contribution is 0.114. The number of nitrogens with zero attached hydrogens (tertiary/aromatic N) is 4. The number of fused-ring (bicyclic) bond motifs is 4. The molecule has 0 N–H and O–H groups in total. The van der Waals surface area contributed by atoms with Gasteiger partial charge in [0.05, 0.1) is 0 Å².